The molecule has 23 heavy (non-hydrogen) atoms. The van der Waals surface area contributed by atoms with Gasteiger partial charge in [-0.25, -0.2) is 0 Å². The van der Waals surface area contributed by atoms with E-state index in [0.717, 1.165) is 44.6 Å². The lowest BCUT2D eigenvalue weighted by Gasteiger charge is -2.17. The summed E-state index contributed by atoms with van der Waals surface area (Å²) in [4.78, 5) is 12.2. The average Bonchev–Trinajstić information content (AvgIpc) is 3.01. The van der Waals surface area contributed by atoms with Crippen molar-refractivity contribution in [3.8, 4) is 0 Å². The zero-order valence-electron chi connectivity index (χ0n) is 13.2. The number of carbonyl (C=O) groups is 1. The number of aromatic nitrogens is 2. The molecule has 1 heterocycles. The molecule has 1 atom stereocenters. The van der Waals surface area contributed by atoms with E-state index >= 15 is 0 Å². The Labute approximate surface area is 133 Å². The van der Waals surface area contributed by atoms with Crippen LogP contribution >= 0.6 is 0 Å². The minimum Gasteiger partial charge on any atom is -0.353 e. The van der Waals surface area contributed by atoms with Crippen LogP contribution in [0.5, 0.6) is 0 Å². The summed E-state index contributed by atoms with van der Waals surface area (Å²) in [7, 11) is 0. The minimum absolute atomic E-state index is 0.0947. The van der Waals surface area contributed by atoms with E-state index in [-0.39, 0.29) is 24.4 Å². The molecule has 2 saturated carbocycles. The maximum atomic E-state index is 12.9. The van der Waals surface area contributed by atoms with Gasteiger partial charge in [0.15, 0.2) is 5.69 Å². The normalized spacial score (nSPS) is 20.7. The highest BCUT2D eigenvalue weighted by atomic mass is 19.4. The Kier molecular flexibility index (Phi) is 4.38. The molecule has 128 valence electrons. The molecule has 1 aromatic rings. The fourth-order valence-corrected chi connectivity index (χ4v) is 3.18. The standard InChI is InChI=1S/C16H22F3N3O/c1-10(15(23)20-12-4-2-3-5-12)9-22-13(11-6-7-11)8-14(21-22)16(17,18)19/h8,10-12H,2-7,9H2,1H3,(H,20,23). The Hall–Kier alpha value is -1.53. The predicted molar refractivity (Wildman–Crippen MR) is 78.8 cm³/mol. The number of alkyl halides is 3. The van der Waals surface area contributed by atoms with E-state index in [1.807, 2.05) is 0 Å². The maximum Gasteiger partial charge on any atom is 0.435 e. The Balaban J connectivity index is 1.68. The third kappa shape index (κ3) is 3.87. The quantitative estimate of drug-likeness (QED) is 0.899. The fourth-order valence-electron chi connectivity index (χ4n) is 3.18. The molecule has 7 heteroatoms. The number of rotatable bonds is 5. The lowest BCUT2D eigenvalue weighted by Crippen LogP contribution is -2.38. The number of carbonyl (C=O) groups excluding carboxylic acids is 1. The second kappa shape index (κ2) is 6.17. The van der Waals surface area contributed by atoms with E-state index < -0.39 is 17.8 Å². The van der Waals surface area contributed by atoms with Crippen molar-refractivity contribution in [3.63, 3.8) is 0 Å². The van der Waals surface area contributed by atoms with Crippen molar-refractivity contribution in [2.45, 2.75) is 70.1 Å². The molecule has 4 nitrogen and oxygen atoms in total. The molecule has 1 aromatic heterocycles. The molecule has 0 radical (unpaired) electrons. The van der Waals surface area contributed by atoms with Gasteiger partial charge >= 0.3 is 6.18 Å². The number of nitrogens with zero attached hydrogens (tertiary/aromatic N) is 2. The smallest absolute Gasteiger partial charge is 0.353 e. The molecule has 1 unspecified atom stereocenters. The largest absolute Gasteiger partial charge is 0.435 e. The van der Waals surface area contributed by atoms with Crippen molar-refractivity contribution < 1.29 is 18.0 Å². The zero-order chi connectivity index (χ0) is 16.6. The van der Waals surface area contributed by atoms with E-state index in [4.69, 9.17) is 0 Å². The van der Waals surface area contributed by atoms with Gasteiger partial charge in [-0.15, -0.1) is 0 Å². The van der Waals surface area contributed by atoms with E-state index in [1.54, 1.807) is 6.92 Å². The molecule has 0 aromatic carbocycles. The molecule has 2 fully saturated rings. The molecule has 1 amide bonds. The van der Waals surface area contributed by atoms with Gasteiger partial charge in [-0.05, 0) is 31.7 Å². The highest BCUT2D eigenvalue weighted by Gasteiger charge is 2.38. The van der Waals surface area contributed by atoms with Gasteiger partial charge in [-0.1, -0.05) is 19.8 Å². The Morgan fingerprint density at radius 2 is 2.00 bits per heavy atom. The first kappa shape index (κ1) is 16.3. The van der Waals surface area contributed by atoms with Crippen molar-refractivity contribution in [2.24, 2.45) is 5.92 Å². The van der Waals surface area contributed by atoms with Gasteiger partial charge < -0.3 is 5.32 Å². The second-order valence-electron chi connectivity index (χ2n) is 6.80. The number of amides is 1. The first-order valence-electron chi connectivity index (χ1n) is 8.30. The monoisotopic (exact) mass is 329 g/mol. The molecular weight excluding hydrogens is 307 g/mol. The van der Waals surface area contributed by atoms with Crippen LogP contribution in [0, 0.1) is 5.92 Å². The van der Waals surface area contributed by atoms with E-state index in [9.17, 15) is 18.0 Å². The maximum absolute atomic E-state index is 12.9. The van der Waals surface area contributed by atoms with Gasteiger partial charge in [-0.3, -0.25) is 9.48 Å². The fraction of sp³-hybridized carbons (Fsp3) is 0.750. The molecule has 3 rings (SSSR count). The van der Waals surface area contributed by atoms with Crippen LogP contribution in [0.2, 0.25) is 0 Å². The summed E-state index contributed by atoms with van der Waals surface area (Å²) in [6.45, 7) is 1.94. The molecule has 0 bridgehead atoms. The van der Waals surface area contributed by atoms with Gasteiger partial charge in [0.1, 0.15) is 0 Å². The Morgan fingerprint density at radius 3 is 2.57 bits per heavy atom. The van der Waals surface area contributed by atoms with Gasteiger partial charge in [0.25, 0.3) is 0 Å². The zero-order valence-corrected chi connectivity index (χ0v) is 13.2. The summed E-state index contributed by atoms with van der Waals surface area (Å²) in [5, 5.41) is 6.71. The number of hydrogen-bond donors (Lipinski definition) is 1. The molecule has 0 spiro atoms. The van der Waals surface area contributed by atoms with E-state index in [0.29, 0.717) is 5.69 Å². The molecule has 2 aliphatic carbocycles. The van der Waals surface area contributed by atoms with Crippen LogP contribution in [0.25, 0.3) is 0 Å². The average molecular weight is 329 g/mol. The van der Waals surface area contributed by atoms with Crippen LogP contribution < -0.4 is 5.32 Å². The van der Waals surface area contributed by atoms with Gasteiger partial charge in [0.2, 0.25) is 5.91 Å². The van der Waals surface area contributed by atoms with Gasteiger partial charge in [0, 0.05) is 17.7 Å². The van der Waals surface area contributed by atoms with Crippen molar-refractivity contribution in [1.82, 2.24) is 15.1 Å². The van der Waals surface area contributed by atoms with Gasteiger partial charge in [-0.2, -0.15) is 18.3 Å². The van der Waals surface area contributed by atoms with Crippen molar-refractivity contribution in [3.05, 3.63) is 17.5 Å². The highest BCUT2D eigenvalue weighted by molar-refractivity contribution is 5.78. The second-order valence-corrected chi connectivity index (χ2v) is 6.80. The van der Waals surface area contributed by atoms with Crippen LogP contribution in [0.15, 0.2) is 6.07 Å². The van der Waals surface area contributed by atoms with E-state index in [2.05, 4.69) is 10.4 Å². The summed E-state index contributed by atoms with van der Waals surface area (Å²) in [6, 6.07) is 1.36. The topological polar surface area (TPSA) is 46.9 Å². The van der Waals surface area contributed by atoms with E-state index in [1.165, 1.54) is 4.68 Å². The Bertz CT molecular complexity index is 572. The summed E-state index contributed by atoms with van der Waals surface area (Å²) >= 11 is 0. The minimum atomic E-state index is -4.44. The van der Waals surface area contributed by atoms with Crippen LogP contribution in [-0.2, 0) is 17.5 Å². The van der Waals surface area contributed by atoms with Crippen LogP contribution in [0.1, 0.15) is 62.8 Å². The molecule has 0 aliphatic heterocycles. The first-order valence-corrected chi connectivity index (χ1v) is 8.30. The lowest BCUT2D eigenvalue weighted by molar-refractivity contribution is -0.141. The van der Waals surface area contributed by atoms with Gasteiger partial charge in [0.05, 0.1) is 12.5 Å². The molecule has 0 saturated heterocycles. The third-order valence-electron chi connectivity index (χ3n) is 4.69. The SMILES string of the molecule is CC(Cn1nc(C(F)(F)F)cc1C1CC1)C(=O)NC1CCCC1. The lowest BCUT2D eigenvalue weighted by atomic mass is 10.1. The molecule has 2 aliphatic rings. The predicted octanol–water partition coefficient (Wildman–Crippen LogP) is 3.47. The summed E-state index contributed by atoms with van der Waals surface area (Å²) in [6.07, 6.45) is 1.58. The highest BCUT2D eigenvalue weighted by Crippen LogP contribution is 2.42. The molecular formula is C16H22F3N3O. The third-order valence-corrected chi connectivity index (χ3v) is 4.69. The van der Waals surface area contributed by atoms with Crippen LogP contribution in [0.4, 0.5) is 13.2 Å². The number of halogens is 3. The Morgan fingerprint density at radius 1 is 1.35 bits per heavy atom. The van der Waals surface area contributed by atoms with Crippen LogP contribution in [-0.4, -0.2) is 21.7 Å². The number of hydrogen-bond acceptors (Lipinski definition) is 2. The summed E-state index contributed by atoms with van der Waals surface area (Å²) in [5.74, 6) is -0.333. The number of nitrogens with one attached hydrogen (secondary N) is 1. The van der Waals surface area contributed by atoms with Crippen molar-refractivity contribution >= 4 is 5.91 Å². The first-order chi connectivity index (χ1) is 10.8. The van der Waals surface area contributed by atoms with Crippen LogP contribution in [0.3, 0.4) is 0 Å². The molecule has 1 N–H and O–H groups in total. The van der Waals surface area contributed by atoms with Crippen molar-refractivity contribution in [1.29, 1.82) is 0 Å². The van der Waals surface area contributed by atoms with Crippen molar-refractivity contribution in [2.75, 3.05) is 0 Å². The summed E-state index contributed by atoms with van der Waals surface area (Å²) in [5.41, 5.74) is -0.249. The summed E-state index contributed by atoms with van der Waals surface area (Å²) < 4.78 is 40.0.